The van der Waals surface area contributed by atoms with Crippen LogP contribution in [0.2, 0.25) is 0 Å². The lowest BCUT2D eigenvalue weighted by Crippen LogP contribution is -2.44. The lowest BCUT2D eigenvalue weighted by molar-refractivity contribution is -0.145. The minimum absolute atomic E-state index is 0.249. The number of esters is 1. The van der Waals surface area contributed by atoms with Crippen molar-refractivity contribution in [2.75, 3.05) is 7.11 Å². The number of carbonyl (C=O) groups is 1. The van der Waals surface area contributed by atoms with E-state index in [-0.39, 0.29) is 12.1 Å². The van der Waals surface area contributed by atoms with Gasteiger partial charge in [-0.05, 0) is 23.6 Å². The third kappa shape index (κ3) is 1.66. The van der Waals surface area contributed by atoms with Gasteiger partial charge in [-0.25, -0.2) is 0 Å². The van der Waals surface area contributed by atoms with Crippen molar-refractivity contribution in [3.63, 3.8) is 0 Å². The number of fused-ring (bicyclic) bond motifs is 3. The Morgan fingerprint density at radius 1 is 1.47 bits per heavy atom. The largest absolute Gasteiger partial charge is 0.468 e. The van der Waals surface area contributed by atoms with Crippen LogP contribution < -0.4 is 5.32 Å². The Morgan fingerprint density at radius 2 is 2.21 bits per heavy atom. The van der Waals surface area contributed by atoms with Crippen molar-refractivity contribution >= 4 is 5.97 Å². The van der Waals surface area contributed by atoms with E-state index in [1.165, 1.54) is 13.2 Å². The molecule has 0 unspecified atom stereocenters. The molecule has 3 nitrogen and oxygen atoms in total. The minimum Gasteiger partial charge on any atom is -0.468 e. The molecule has 1 fully saturated rings. The molecule has 102 valence electrons. The molecule has 0 radical (unpaired) electrons. The maximum absolute atomic E-state index is 13.0. The number of ether oxygens (including phenoxy) is 1. The van der Waals surface area contributed by atoms with Crippen LogP contribution in [-0.2, 0) is 22.3 Å². The molecule has 1 aliphatic carbocycles. The van der Waals surface area contributed by atoms with Crippen LogP contribution in [0.15, 0.2) is 18.2 Å². The first-order valence-electron chi connectivity index (χ1n) is 5.92. The van der Waals surface area contributed by atoms with Crippen LogP contribution in [0, 0.1) is 0 Å². The van der Waals surface area contributed by atoms with Crippen LogP contribution in [0.3, 0.4) is 0 Å². The number of hydrogen-bond acceptors (Lipinski definition) is 3. The summed E-state index contributed by atoms with van der Waals surface area (Å²) in [6.45, 7) is 0.255. The lowest BCUT2D eigenvalue weighted by atomic mass is 9.91. The van der Waals surface area contributed by atoms with Crippen LogP contribution in [0.1, 0.15) is 29.0 Å². The number of rotatable bonds is 1. The minimum atomic E-state index is -4.40. The fraction of sp³-hybridized carbons (Fsp3) is 0.462. The zero-order valence-electron chi connectivity index (χ0n) is 10.2. The Bertz CT molecular complexity index is 555. The molecule has 1 heterocycles. The van der Waals surface area contributed by atoms with Crippen molar-refractivity contribution in [1.82, 2.24) is 5.32 Å². The van der Waals surface area contributed by atoms with Gasteiger partial charge in [-0.3, -0.25) is 10.1 Å². The second-order valence-electron chi connectivity index (χ2n) is 4.95. The van der Waals surface area contributed by atoms with Crippen molar-refractivity contribution in [2.24, 2.45) is 0 Å². The van der Waals surface area contributed by atoms with Crippen molar-refractivity contribution in [3.05, 3.63) is 34.9 Å². The summed E-state index contributed by atoms with van der Waals surface area (Å²) in [5.41, 5.74) is -0.735. The second-order valence-corrected chi connectivity index (χ2v) is 4.95. The number of nitrogens with one attached hydrogen (secondary N) is 1. The lowest BCUT2D eigenvalue weighted by Gasteiger charge is -2.26. The zero-order valence-corrected chi connectivity index (χ0v) is 10.2. The molecule has 19 heavy (non-hydrogen) atoms. The van der Waals surface area contributed by atoms with Gasteiger partial charge in [-0.2, -0.15) is 13.2 Å². The zero-order chi connectivity index (χ0) is 13.8. The van der Waals surface area contributed by atoms with Gasteiger partial charge in [0.2, 0.25) is 0 Å². The summed E-state index contributed by atoms with van der Waals surface area (Å²) < 4.78 is 43.8. The highest BCUT2D eigenvalue weighted by Crippen LogP contribution is 2.58. The van der Waals surface area contributed by atoms with E-state index in [0.29, 0.717) is 12.0 Å². The van der Waals surface area contributed by atoms with Gasteiger partial charge in [0.15, 0.2) is 0 Å². The van der Waals surface area contributed by atoms with E-state index < -0.39 is 29.2 Å². The quantitative estimate of drug-likeness (QED) is 0.796. The summed E-state index contributed by atoms with van der Waals surface area (Å²) in [6.07, 6.45) is -4.03. The number of carbonyl (C=O) groups excluding carboxylic acids is 1. The Hall–Kier alpha value is -1.56. The topological polar surface area (TPSA) is 38.3 Å². The average Bonchev–Trinajstić information content (AvgIpc) is 3.12. The van der Waals surface area contributed by atoms with Gasteiger partial charge in [-0.15, -0.1) is 0 Å². The molecule has 0 amide bonds. The first-order valence-corrected chi connectivity index (χ1v) is 5.92. The van der Waals surface area contributed by atoms with E-state index in [1.807, 2.05) is 0 Å². The normalized spacial score (nSPS) is 28.3. The van der Waals surface area contributed by atoms with Gasteiger partial charge in [0, 0.05) is 12.5 Å². The maximum Gasteiger partial charge on any atom is 0.416 e. The highest BCUT2D eigenvalue weighted by Gasteiger charge is 2.65. The summed E-state index contributed by atoms with van der Waals surface area (Å²) in [7, 11) is 1.25. The number of halogens is 3. The molecule has 2 atom stereocenters. The van der Waals surface area contributed by atoms with Gasteiger partial charge < -0.3 is 4.74 Å². The number of methoxy groups -OCH3 is 1. The van der Waals surface area contributed by atoms with E-state index in [9.17, 15) is 18.0 Å². The molecule has 3 rings (SSSR count). The highest BCUT2D eigenvalue weighted by molar-refractivity contribution is 5.88. The van der Waals surface area contributed by atoms with Gasteiger partial charge in [0.05, 0.1) is 12.7 Å². The first-order chi connectivity index (χ1) is 8.90. The van der Waals surface area contributed by atoms with Crippen molar-refractivity contribution in [3.8, 4) is 0 Å². The third-order valence-electron chi connectivity index (χ3n) is 3.96. The van der Waals surface area contributed by atoms with Gasteiger partial charge in [0.1, 0.15) is 5.54 Å². The Morgan fingerprint density at radius 3 is 2.84 bits per heavy atom. The van der Waals surface area contributed by atoms with E-state index in [0.717, 1.165) is 6.07 Å². The van der Waals surface area contributed by atoms with Crippen molar-refractivity contribution < 1.29 is 22.7 Å². The molecule has 0 bridgehead atoms. The van der Waals surface area contributed by atoms with Crippen LogP contribution in [-0.4, -0.2) is 18.6 Å². The van der Waals surface area contributed by atoms with Crippen molar-refractivity contribution in [1.29, 1.82) is 0 Å². The van der Waals surface area contributed by atoms with E-state index >= 15 is 0 Å². The predicted molar refractivity (Wildman–Crippen MR) is 60.4 cm³/mol. The SMILES string of the molecule is COC(=O)[C@@]12C[C@H]1c1c(cccc1C(F)(F)F)CN2. The summed E-state index contributed by atoms with van der Waals surface area (Å²) >= 11 is 0. The van der Waals surface area contributed by atoms with Crippen molar-refractivity contribution in [2.45, 2.75) is 30.6 Å². The average molecular weight is 271 g/mol. The number of hydrogen-bond donors (Lipinski definition) is 1. The third-order valence-corrected chi connectivity index (χ3v) is 3.96. The van der Waals surface area contributed by atoms with Crippen LogP contribution in [0.25, 0.3) is 0 Å². The molecule has 1 saturated carbocycles. The Kier molecular flexibility index (Phi) is 2.44. The summed E-state index contributed by atoms with van der Waals surface area (Å²) in [5.74, 6) is -0.929. The van der Waals surface area contributed by atoms with E-state index in [4.69, 9.17) is 4.74 Å². The molecular weight excluding hydrogens is 259 g/mol. The smallest absolute Gasteiger partial charge is 0.416 e. The molecule has 1 N–H and O–H groups in total. The molecule has 1 aromatic carbocycles. The number of alkyl halides is 3. The molecule has 1 aliphatic heterocycles. The molecule has 0 saturated heterocycles. The standard InChI is InChI=1S/C13H12F3NO2/c1-19-11(18)12-5-9(12)10-7(6-17-12)3-2-4-8(10)13(14,15)16/h2-4,9,17H,5-6H2,1H3/t9-,12+/m0/s1. The predicted octanol–water partition coefficient (Wildman–Crippen LogP) is 2.21. The Labute approximate surface area is 107 Å². The molecule has 2 aliphatic rings. The van der Waals surface area contributed by atoms with Gasteiger partial charge in [0.25, 0.3) is 0 Å². The molecule has 1 aromatic rings. The second kappa shape index (κ2) is 3.72. The first kappa shape index (κ1) is 12.5. The molecule has 0 aromatic heterocycles. The van der Waals surface area contributed by atoms with Gasteiger partial charge in [-0.1, -0.05) is 12.1 Å². The van der Waals surface area contributed by atoms with E-state index in [2.05, 4.69) is 5.32 Å². The highest BCUT2D eigenvalue weighted by atomic mass is 19.4. The summed E-state index contributed by atoms with van der Waals surface area (Å²) in [5, 5.41) is 3.01. The fourth-order valence-electron chi connectivity index (χ4n) is 2.97. The summed E-state index contributed by atoms with van der Waals surface area (Å²) in [6, 6.07) is 4.14. The van der Waals surface area contributed by atoms with E-state index in [1.54, 1.807) is 6.07 Å². The molecular formula is C13H12F3NO2. The molecule has 6 heteroatoms. The van der Waals surface area contributed by atoms with Gasteiger partial charge >= 0.3 is 12.1 Å². The molecule has 0 spiro atoms. The van der Waals surface area contributed by atoms with Crippen LogP contribution in [0.5, 0.6) is 0 Å². The fourth-order valence-corrected chi connectivity index (χ4v) is 2.97. The number of benzene rings is 1. The monoisotopic (exact) mass is 271 g/mol. The van der Waals surface area contributed by atoms with Crippen LogP contribution in [0.4, 0.5) is 13.2 Å². The maximum atomic E-state index is 13.0. The summed E-state index contributed by atoms with van der Waals surface area (Å²) in [4.78, 5) is 11.7. The Balaban J connectivity index is 2.08. The van der Waals surface area contributed by atoms with Crippen LogP contribution >= 0.6 is 0 Å².